The Kier molecular flexibility index (Phi) is 5.22. The number of aryl methyl sites for hydroxylation is 2. The minimum atomic E-state index is -0.288. The van der Waals surface area contributed by atoms with E-state index in [1.807, 2.05) is 38.1 Å². The zero-order valence-electron chi connectivity index (χ0n) is 12.1. The van der Waals surface area contributed by atoms with Crippen molar-refractivity contribution < 1.29 is 4.74 Å². The normalized spacial score (nSPS) is 10.4. The van der Waals surface area contributed by atoms with Crippen molar-refractivity contribution in [2.75, 3.05) is 18.5 Å². The van der Waals surface area contributed by atoms with Crippen LogP contribution >= 0.6 is 11.6 Å². The average molecular weight is 308 g/mol. The first-order valence-corrected chi connectivity index (χ1v) is 7.18. The second-order valence-electron chi connectivity index (χ2n) is 4.58. The summed E-state index contributed by atoms with van der Waals surface area (Å²) in [7, 11) is 0. The lowest BCUT2D eigenvalue weighted by Gasteiger charge is -2.10. The van der Waals surface area contributed by atoms with Crippen LogP contribution in [0, 0.1) is 6.92 Å². The molecule has 0 fully saturated rings. The molecule has 21 heavy (non-hydrogen) atoms. The highest BCUT2D eigenvalue weighted by atomic mass is 35.5. The Morgan fingerprint density at radius 1 is 1.43 bits per heavy atom. The molecule has 112 valence electrons. The third-order valence-corrected chi connectivity index (χ3v) is 3.33. The van der Waals surface area contributed by atoms with E-state index in [-0.39, 0.29) is 10.6 Å². The summed E-state index contributed by atoms with van der Waals surface area (Å²) in [6.07, 6.45) is 1.56. The van der Waals surface area contributed by atoms with Gasteiger partial charge >= 0.3 is 0 Å². The number of benzene rings is 1. The summed E-state index contributed by atoms with van der Waals surface area (Å²) in [5.74, 6) is 0.822. The summed E-state index contributed by atoms with van der Waals surface area (Å²) < 4.78 is 6.93. The van der Waals surface area contributed by atoms with Crippen LogP contribution in [0.3, 0.4) is 0 Å². The molecule has 1 N–H and O–H groups in total. The second-order valence-corrected chi connectivity index (χ2v) is 4.96. The van der Waals surface area contributed by atoms with Crippen molar-refractivity contribution in [3.8, 4) is 5.75 Å². The lowest BCUT2D eigenvalue weighted by Crippen LogP contribution is -2.24. The summed E-state index contributed by atoms with van der Waals surface area (Å²) in [6, 6.07) is 7.84. The number of anilines is 1. The van der Waals surface area contributed by atoms with Crippen molar-refractivity contribution in [1.82, 2.24) is 9.78 Å². The molecule has 0 radical (unpaired) electrons. The molecule has 2 rings (SSSR count). The smallest absolute Gasteiger partial charge is 0.287 e. The Balaban J connectivity index is 1.89. The molecule has 0 atom stereocenters. The monoisotopic (exact) mass is 307 g/mol. The van der Waals surface area contributed by atoms with E-state index in [4.69, 9.17) is 16.3 Å². The molecule has 1 heterocycles. The fourth-order valence-corrected chi connectivity index (χ4v) is 2.09. The number of hydrogen-bond acceptors (Lipinski definition) is 4. The van der Waals surface area contributed by atoms with Gasteiger partial charge in [-0.1, -0.05) is 23.7 Å². The molecule has 0 unspecified atom stereocenters. The predicted octanol–water partition coefficient (Wildman–Crippen LogP) is 2.72. The van der Waals surface area contributed by atoms with Gasteiger partial charge in [0.25, 0.3) is 5.56 Å². The molecule has 2 aromatic rings. The van der Waals surface area contributed by atoms with Crippen molar-refractivity contribution in [3.63, 3.8) is 0 Å². The minimum Gasteiger partial charge on any atom is -0.492 e. The van der Waals surface area contributed by atoms with Crippen LogP contribution in [0.25, 0.3) is 0 Å². The average Bonchev–Trinajstić information content (AvgIpc) is 2.48. The molecule has 0 amide bonds. The van der Waals surface area contributed by atoms with Gasteiger partial charge in [-0.2, -0.15) is 5.10 Å². The number of halogens is 1. The van der Waals surface area contributed by atoms with Gasteiger partial charge in [-0.25, -0.2) is 4.68 Å². The van der Waals surface area contributed by atoms with Gasteiger partial charge < -0.3 is 10.1 Å². The molecule has 0 saturated carbocycles. The van der Waals surface area contributed by atoms with E-state index in [0.717, 1.165) is 11.3 Å². The van der Waals surface area contributed by atoms with E-state index in [9.17, 15) is 4.79 Å². The van der Waals surface area contributed by atoms with Crippen LogP contribution in [0.15, 0.2) is 35.3 Å². The van der Waals surface area contributed by atoms with E-state index in [2.05, 4.69) is 10.4 Å². The highest BCUT2D eigenvalue weighted by Crippen LogP contribution is 2.15. The van der Waals surface area contributed by atoms with Crippen LogP contribution < -0.4 is 15.6 Å². The summed E-state index contributed by atoms with van der Waals surface area (Å²) in [6.45, 7) is 5.35. The highest BCUT2D eigenvalue weighted by Gasteiger charge is 2.07. The zero-order valence-corrected chi connectivity index (χ0v) is 12.9. The number of hydrogen-bond donors (Lipinski definition) is 1. The van der Waals surface area contributed by atoms with Crippen molar-refractivity contribution in [2.45, 2.75) is 20.4 Å². The third-order valence-electron chi connectivity index (χ3n) is 2.96. The number of rotatable bonds is 6. The van der Waals surface area contributed by atoms with Gasteiger partial charge in [0.15, 0.2) is 0 Å². The molecular formula is C15H18ClN3O2. The number of nitrogens with zero attached hydrogens (tertiary/aromatic N) is 2. The van der Waals surface area contributed by atoms with Crippen molar-refractivity contribution in [2.24, 2.45) is 0 Å². The molecule has 0 aliphatic heterocycles. The second kappa shape index (κ2) is 7.13. The largest absolute Gasteiger partial charge is 0.492 e. The number of ether oxygens (including phenoxy) is 1. The maximum atomic E-state index is 11.8. The summed E-state index contributed by atoms with van der Waals surface area (Å²) in [5.41, 5.74) is 1.39. The van der Waals surface area contributed by atoms with Gasteiger partial charge in [0.05, 0.1) is 11.9 Å². The van der Waals surface area contributed by atoms with Crippen LogP contribution in [0.5, 0.6) is 5.75 Å². The fraction of sp³-hybridized carbons (Fsp3) is 0.333. The van der Waals surface area contributed by atoms with E-state index in [1.54, 1.807) is 6.20 Å². The highest BCUT2D eigenvalue weighted by molar-refractivity contribution is 6.32. The zero-order chi connectivity index (χ0) is 15.2. The van der Waals surface area contributed by atoms with Crippen molar-refractivity contribution >= 4 is 17.3 Å². The Hall–Kier alpha value is -2.01. The Bertz CT molecular complexity index is 670. The Morgan fingerprint density at radius 3 is 2.95 bits per heavy atom. The standard InChI is InChI=1S/C15H18ClN3O2/c1-3-19-15(20)14(16)13(10-18-19)17-7-8-21-12-6-4-5-11(2)9-12/h4-6,9-10,17H,3,7-8H2,1-2H3. The quantitative estimate of drug-likeness (QED) is 0.834. The molecule has 0 aliphatic carbocycles. The first kappa shape index (κ1) is 15.4. The molecule has 0 saturated heterocycles. The topological polar surface area (TPSA) is 56.1 Å². The predicted molar refractivity (Wildman–Crippen MR) is 84.3 cm³/mol. The molecule has 6 heteroatoms. The van der Waals surface area contributed by atoms with Crippen LogP contribution in [0.4, 0.5) is 5.69 Å². The van der Waals surface area contributed by atoms with E-state index < -0.39 is 0 Å². The fourth-order valence-electron chi connectivity index (χ4n) is 1.87. The van der Waals surface area contributed by atoms with E-state index in [1.165, 1.54) is 4.68 Å². The third kappa shape index (κ3) is 3.98. The summed E-state index contributed by atoms with van der Waals surface area (Å²) >= 11 is 6.02. The van der Waals surface area contributed by atoms with Crippen molar-refractivity contribution in [3.05, 3.63) is 51.4 Å². The van der Waals surface area contributed by atoms with Crippen LogP contribution in [0.2, 0.25) is 5.02 Å². The maximum Gasteiger partial charge on any atom is 0.287 e. The minimum absolute atomic E-state index is 0.155. The van der Waals surface area contributed by atoms with Crippen LogP contribution in [-0.4, -0.2) is 22.9 Å². The molecule has 1 aromatic carbocycles. The lowest BCUT2D eigenvalue weighted by molar-refractivity contribution is 0.332. The van der Waals surface area contributed by atoms with Gasteiger partial charge in [-0.05, 0) is 31.5 Å². The Morgan fingerprint density at radius 2 is 2.24 bits per heavy atom. The summed E-state index contributed by atoms with van der Waals surface area (Å²) in [5, 5.41) is 7.23. The summed E-state index contributed by atoms with van der Waals surface area (Å²) in [4.78, 5) is 11.8. The van der Waals surface area contributed by atoms with E-state index >= 15 is 0 Å². The van der Waals surface area contributed by atoms with E-state index in [0.29, 0.717) is 25.4 Å². The first-order chi connectivity index (χ1) is 10.1. The first-order valence-electron chi connectivity index (χ1n) is 6.80. The van der Waals surface area contributed by atoms with Gasteiger partial charge in [0, 0.05) is 13.1 Å². The molecule has 0 aliphatic rings. The molecule has 1 aromatic heterocycles. The number of aromatic nitrogens is 2. The SMILES string of the molecule is CCn1ncc(NCCOc2cccc(C)c2)c(Cl)c1=O. The Labute approximate surface area is 128 Å². The molecule has 0 spiro atoms. The van der Waals surface area contributed by atoms with Gasteiger partial charge in [0.1, 0.15) is 17.4 Å². The van der Waals surface area contributed by atoms with Gasteiger partial charge in [-0.3, -0.25) is 4.79 Å². The van der Waals surface area contributed by atoms with Gasteiger partial charge in [0.2, 0.25) is 0 Å². The van der Waals surface area contributed by atoms with Crippen molar-refractivity contribution in [1.29, 1.82) is 0 Å². The maximum absolute atomic E-state index is 11.8. The van der Waals surface area contributed by atoms with Crippen LogP contribution in [0.1, 0.15) is 12.5 Å². The lowest BCUT2D eigenvalue weighted by atomic mass is 10.2. The number of nitrogens with one attached hydrogen (secondary N) is 1. The molecule has 5 nitrogen and oxygen atoms in total. The molecule has 0 bridgehead atoms. The van der Waals surface area contributed by atoms with Crippen LogP contribution in [-0.2, 0) is 6.54 Å². The molecular weight excluding hydrogens is 290 g/mol. The van der Waals surface area contributed by atoms with Gasteiger partial charge in [-0.15, -0.1) is 0 Å².